The van der Waals surface area contributed by atoms with Crippen molar-refractivity contribution >= 4 is 44.7 Å². The summed E-state index contributed by atoms with van der Waals surface area (Å²) in [6, 6.07) is 9.29. The van der Waals surface area contributed by atoms with E-state index in [0.717, 1.165) is 51.7 Å². The number of hydrogen-bond acceptors (Lipinski definition) is 6. The lowest BCUT2D eigenvalue weighted by Crippen LogP contribution is -2.15. The summed E-state index contributed by atoms with van der Waals surface area (Å²) < 4.78 is 44.4. The molecule has 0 aliphatic rings. The molecule has 0 saturated carbocycles. The van der Waals surface area contributed by atoms with E-state index in [1.54, 1.807) is 25.5 Å². The van der Waals surface area contributed by atoms with E-state index in [1.165, 1.54) is 0 Å². The largest absolute Gasteiger partial charge is 0.462 e. The zero-order valence-corrected chi connectivity index (χ0v) is 18.6. The number of carbonyl (C=O) groups is 2. The summed E-state index contributed by atoms with van der Waals surface area (Å²) >= 11 is 1.16. The van der Waals surface area contributed by atoms with Crippen molar-refractivity contribution in [2.24, 2.45) is 0 Å². The number of H-pyrrole nitrogens is 1. The lowest BCUT2D eigenvalue weighted by atomic mass is 10.1. The first-order chi connectivity index (χ1) is 16.3. The maximum atomic E-state index is 12.8. The van der Waals surface area contributed by atoms with Crippen molar-refractivity contribution < 1.29 is 27.5 Å². The number of amides is 1. The average Bonchev–Trinajstić information content (AvgIpc) is 3.45. The van der Waals surface area contributed by atoms with E-state index >= 15 is 0 Å². The lowest BCUT2D eigenvalue weighted by Gasteiger charge is -2.10. The van der Waals surface area contributed by atoms with Crippen molar-refractivity contribution in [1.29, 1.82) is 0 Å². The summed E-state index contributed by atoms with van der Waals surface area (Å²) in [6.07, 6.45) is -1.25. The SMILES string of the molecule is CCOC(=O)c1sc2ccc(NCc3cnc[nH]3)cc2c1NC(=O)c1ccc(C(F)(F)F)cc1. The number of fused-ring (bicyclic) bond motifs is 1. The summed E-state index contributed by atoms with van der Waals surface area (Å²) in [5, 5.41) is 6.52. The molecule has 2 heterocycles. The van der Waals surface area contributed by atoms with E-state index in [4.69, 9.17) is 4.74 Å². The molecule has 4 aromatic rings. The van der Waals surface area contributed by atoms with Crippen molar-refractivity contribution in [2.75, 3.05) is 17.2 Å². The number of ether oxygens (including phenoxy) is 1. The van der Waals surface area contributed by atoms with E-state index in [2.05, 4.69) is 20.6 Å². The van der Waals surface area contributed by atoms with Crippen molar-refractivity contribution in [2.45, 2.75) is 19.6 Å². The van der Waals surface area contributed by atoms with Gasteiger partial charge >= 0.3 is 12.1 Å². The van der Waals surface area contributed by atoms with Crippen LogP contribution < -0.4 is 10.6 Å². The number of imidazole rings is 1. The Hall–Kier alpha value is -3.86. The predicted octanol–water partition coefficient (Wildman–Crippen LogP) is 5.68. The second-order valence-corrected chi connectivity index (χ2v) is 8.25. The number of thiophene rings is 1. The number of carbonyl (C=O) groups excluding carboxylic acids is 2. The summed E-state index contributed by atoms with van der Waals surface area (Å²) in [5.74, 6) is -1.24. The molecule has 0 spiro atoms. The average molecular weight is 488 g/mol. The van der Waals surface area contributed by atoms with E-state index in [0.29, 0.717) is 11.9 Å². The number of halogens is 3. The normalized spacial score (nSPS) is 11.4. The van der Waals surface area contributed by atoms with Crippen molar-refractivity contribution in [3.05, 3.63) is 76.7 Å². The standard InChI is InChI=1S/C23H19F3N4O3S/c1-2-33-22(32)20-19(30-21(31)13-3-5-14(6-4-13)23(24,25)26)17-9-15(7-8-18(17)34-20)28-11-16-10-27-12-29-16/h3-10,12,28H,2,11H2,1H3,(H,27,29)(H,30,31). The van der Waals surface area contributed by atoms with Crippen molar-refractivity contribution in [1.82, 2.24) is 9.97 Å². The summed E-state index contributed by atoms with van der Waals surface area (Å²) in [5.41, 5.74) is 1.02. The van der Waals surface area contributed by atoms with Crippen LogP contribution in [0.2, 0.25) is 0 Å². The third-order valence-electron chi connectivity index (χ3n) is 4.90. The quantitative estimate of drug-likeness (QED) is 0.291. The number of aromatic nitrogens is 2. The fourth-order valence-electron chi connectivity index (χ4n) is 3.25. The van der Waals surface area contributed by atoms with Crippen molar-refractivity contribution in [3.63, 3.8) is 0 Å². The van der Waals surface area contributed by atoms with E-state index in [-0.39, 0.29) is 22.7 Å². The van der Waals surface area contributed by atoms with Crippen molar-refractivity contribution in [3.8, 4) is 0 Å². The Balaban J connectivity index is 1.66. The highest BCUT2D eigenvalue weighted by molar-refractivity contribution is 7.21. The van der Waals surface area contributed by atoms with Gasteiger partial charge in [-0.25, -0.2) is 9.78 Å². The third-order valence-corrected chi connectivity index (χ3v) is 6.05. The van der Waals surface area contributed by atoms with E-state index < -0.39 is 23.6 Å². The second-order valence-electron chi connectivity index (χ2n) is 7.20. The van der Waals surface area contributed by atoms with Gasteiger partial charge in [0.05, 0.1) is 36.4 Å². The van der Waals surface area contributed by atoms with Crippen LogP contribution in [0.15, 0.2) is 55.0 Å². The Morgan fingerprint density at radius 2 is 1.91 bits per heavy atom. The molecule has 11 heteroatoms. The molecule has 0 aliphatic heterocycles. The van der Waals surface area contributed by atoms with Gasteiger partial charge < -0.3 is 20.4 Å². The summed E-state index contributed by atoms with van der Waals surface area (Å²) in [7, 11) is 0. The topological polar surface area (TPSA) is 96.1 Å². The molecule has 3 N–H and O–H groups in total. The number of hydrogen-bond donors (Lipinski definition) is 3. The van der Waals surface area contributed by atoms with Gasteiger partial charge in [0.25, 0.3) is 5.91 Å². The lowest BCUT2D eigenvalue weighted by molar-refractivity contribution is -0.137. The molecule has 7 nitrogen and oxygen atoms in total. The summed E-state index contributed by atoms with van der Waals surface area (Å²) in [4.78, 5) is 32.6. The van der Waals surface area contributed by atoms with Crippen LogP contribution in [-0.4, -0.2) is 28.5 Å². The molecular formula is C23H19F3N4O3S. The molecule has 0 radical (unpaired) electrons. The maximum absolute atomic E-state index is 12.8. The highest BCUT2D eigenvalue weighted by Gasteiger charge is 2.30. The summed E-state index contributed by atoms with van der Waals surface area (Å²) in [6.45, 7) is 2.30. The highest BCUT2D eigenvalue weighted by Crippen LogP contribution is 2.38. The Morgan fingerprint density at radius 3 is 2.56 bits per heavy atom. The fourth-order valence-corrected chi connectivity index (χ4v) is 4.28. The van der Waals surface area contributed by atoms with Crippen LogP contribution >= 0.6 is 11.3 Å². The first-order valence-corrected chi connectivity index (χ1v) is 11.0. The molecule has 0 atom stereocenters. The van der Waals surface area contributed by atoms with Gasteiger partial charge in [-0.3, -0.25) is 4.79 Å². The number of alkyl halides is 3. The molecule has 4 rings (SSSR count). The molecule has 0 unspecified atom stereocenters. The zero-order valence-electron chi connectivity index (χ0n) is 17.8. The number of nitrogens with one attached hydrogen (secondary N) is 3. The predicted molar refractivity (Wildman–Crippen MR) is 123 cm³/mol. The minimum Gasteiger partial charge on any atom is -0.462 e. The first-order valence-electron chi connectivity index (χ1n) is 10.2. The minimum atomic E-state index is -4.50. The molecule has 0 aliphatic carbocycles. The third kappa shape index (κ3) is 5.04. The van der Waals surface area contributed by atoms with Crippen LogP contribution in [0.4, 0.5) is 24.5 Å². The van der Waals surface area contributed by atoms with Gasteiger partial charge in [0.1, 0.15) is 4.88 Å². The van der Waals surface area contributed by atoms with Gasteiger partial charge in [-0.05, 0) is 49.4 Å². The number of esters is 1. The van der Waals surface area contributed by atoms with Crippen LogP contribution in [-0.2, 0) is 17.5 Å². The Kier molecular flexibility index (Phi) is 6.55. The number of benzene rings is 2. The molecule has 176 valence electrons. The molecule has 1 amide bonds. The van der Waals surface area contributed by atoms with Gasteiger partial charge in [0, 0.05) is 27.5 Å². The number of anilines is 2. The van der Waals surface area contributed by atoms with Crippen LogP contribution in [0, 0.1) is 0 Å². The number of nitrogens with zero attached hydrogens (tertiary/aromatic N) is 1. The minimum absolute atomic E-state index is 0.0238. The number of aromatic amines is 1. The Morgan fingerprint density at radius 1 is 1.15 bits per heavy atom. The van der Waals surface area contributed by atoms with Gasteiger partial charge in [-0.1, -0.05) is 0 Å². The van der Waals surface area contributed by atoms with Crippen LogP contribution in [0.3, 0.4) is 0 Å². The van der Waals surface area contributed by atoms with Gasteiger partial charge in [0.15, 0.2) is 0 Å². The second kappa shape index (κ2) is 9.56. The van der Waals surface area contributed by atoms with E-state index in [1.807, 2.05) is 12.1 Å². The van der Waals surface area contributed by atoms with Crippen LogP contribution in [0.25, 0.3) is 10.1 Å². The maximum Gasteiger partial charge on any atom is 0.416 e. The monoisotopic (exact) mass is 488 g/mol. The highest BCUT2D eigenvalue weighted by atomic mass is 32.1. The molecule has 0 fully saturated rings. The van der Waals surface area contributed by atoms with Gasteiger partial charge in [-0.15, -0.1) is 11.3 Å². The van der Waals surface area contributed by atoms with Gasteiger partial charge in [-0.2, -0.15) is 13.2 Å². The fraction of sp³-hybridized carbons (Fsp3) is 0.174. The zero-order chi connectivity index (χ0) is 24.3. The van der Waals surface area contributed by atoms with Crippen LogP contribution in [0.5, 0.6) is 0 Å². The molecule has 0 saturated heterocycles. The molecule has 34 heavy (non-hydrogen) atoms. The Bertz CT molecular complexity index is 1320. The van der Waals surface area contributed by atoms with E-state index in [9.17, 15) is 22.8 Å². The van der Waals surface area contributed by atoms with Crippen LogP contribution in [0.1, 0.15) is 38.2 Å². The smallest absolute Gasteiger partial charge is 0.416 e. The van der Waals surface area contributed by atoms with Gasteiger partial charge in [0.2, 0.25) is 0 Å². The number of rotatable bonds is 7. The molecule has 2 aromatic heterocycles. The molecular weight excluding hydrogens is 469 g/mol. The Labute approximate surface area is 196 Å². The molecule has 0 bridgehead atoms. The first kappa shape index (κ1) is 23.3. The molecule has 2 aromatic carbocycles.